The molecule has 31 heavy (non-hydrogen) atoms. The van der Waals surface area contributed by atoms with Gasteiger partial charge in [-0.05, 0) is 43.9 Å². The molecule has 0 spiro atoms. The first-order valence-electron chi connectivity index (χ1n) is 11.2. The largest absolute Gasteiger partial charge is 0.350 e. The Morgan fingerprint density at radius 3 is 2.29 bits per heavy atom. The van der Waals surface area contributed by atoms with Gasteiger partial charge in [-0.25, -0.2) is 4.68 Å². The fourth-order valence-corrected chi connectivity index (χ4v) is 4.31. The van der Waals surface area contributed by atoms with Gasteiger partial charge in [0.25, 0.3) is 0 Å². The Morgan fingerprint density at radius 2 is 1.61 bits per heavy atom. The van der Waals surface area contributed by atoms with Crippen molar-refractivity contribution in [2.24, 2.45) is 0 Å². The molecule has 5 nitrogen and oxygen atoms in total. The van der Waals surface area contributed by atoms with Gasteiger partial charge in [-0.2, -0.15) is 5.10 Å². The van der Waals surface area contributed by atoms with Crippen LogP contribution in [0.1, 0.15) is 31.2 Å². The smallest absolute Gasteiger partial charge is 0.244 e. The lowest BCUT2D eigenvalue weighted by Crippen LogP contribution is -2.44. The van der Waals surface area contributed by atoms with Gasteiger partial charge in [-0.1, -0.05) is 48.5 Å². The Kier molecular flexibility index (Phi) is 5.67. The van der Waals surface area contributed by atoms with E-state index < -0.39 is 0 Å². The van der Waals surface area contributed by atoms with Crippen molar-refractivity contribution in [1.82, 2.24) is 20.0 Å². The quantitative estimate of drug-likeness (QED) is 0.615. The molecule has 2 aromatic carbocycles. The standard InChI is InChI=1S/C26H28N4O/c31-25(27-22-15-17-29(18-16-22)23-12-13-23)14-11-21-19-30(24-9-5-2-6-10-24)28-26(21)20-7-3-1-4-8-20/h1-11,14,19,22-23H,12-13,15-18H2,(H,27,31)/b14-11+. The van der Waals surface area contributed by atoms with E-state index in [2.05, 4.69) is 10.2 Å². The number of amides is 1. The molecule has 0 unspecified atom stereocenters. The Hall–Kier alpha value is -3.18. The molecule has 1 saturated heterocycles. The molecule has 2 aliphatic rings. The minimum absolute atomic E-state index is 0.0312. The van der Waals surface area contributed by atoms with E-state index in [1.54, 1.807) is 6.08 Å². The summed E-state index contributed by atoms with van der Waals surface area (Å²) < 4.78 is 1.87. The number of para-hydroxylation sites is 1. The highest BCUT2D eigenvalue weighted by atomic mass is 16.1. The molecule has 2 fully saturated rings. The lowest BCUT2D eigenvalue weighted by Gasteiger charge is -2.32. The van der Waals surface area contributed by atoms with Gasteiger partial charge in [0.05, 0.1) is 11.4 Å². The lowest BCUT2D eigenvalue weighted by atomic mass is 10.0. The number of nitrogens with one attached hydrogen (secondary N) is 1. The van der Waals surface area contributed by atoms with Crippen LogP contribution in [0.3, 0.4) is 0 Å². The second kappa shape index (κ2) is 8.90. The van der Waals surface area contributed by atoms with E-state index in [1.807, 2.05) is 77.6 Å². The number of likely N-dealkylation sites (tertiary alicyclic amines) is 1. The molecule has 158 valence electrons. The van der Waals surface area contributed by atoms with Crippen molar-refractivity contribution in [2.75, 3.05) is 13.1 Å². The minimum atomic E-state index is -0.0312. The second-order valence-corrected chi connectivity index (χ2v) is 8.46. The average Bonchev–Trinajstić information content (AvgIpc) is 3.58. The molecule has 5 heteroatoms. The summed E-state index contributed by atoms with van der Waals surface area (Å²) in [4.78, 5) is 15.2. The van der Waals surface area contributed by atoms with Crippen LogP contribution in [0.4, 0.5) is 0 Å². The summed E-state index contributed by atoms with van der Waals surface area (Å²) in [5, 5.41) is 7.99. The first-order chi connectivity index (χ1) is 15.3. The van der Waals surface area contributed by atoms with E-state index >= 15 is 0 Å². The molecule has 3 aromatic rings. The molecule has 1 N–H and O–H groups in total. The van der Waals surface area contributed by atoms with Gasteiger partial charge < -0.3 is 10.2 Å². The fraction of sp³-hybridized carbons (Fsp3) is 0.308. The summed E-state index contributed by atoms with van der Waals surface area (Å²) in [7, 11) is 0. The summed E-state index contributed by atoms with van der Waals surface area (Å²) in [6.07, 6.45) is 10.3. The van der Waals surface area contributed by atoms with Gasteiger partial charge in [0.15, 0.2) is 0 Å². The topological polar surface area (TPSA) is 50.2 Å². The summed E-state index contributed by atoms with van der Waals surface area (Å²) in [6, 6.07) is 21.2. The van der Waals surface area contributed by atoms with Crippen molar-refractivity contribution in [2.45, 2.75) is 37.8 Å². The lowest BCUT2D eigenvalue weighted by molar-refractivity contribution is -0.117. The highest BCUT2D eigenvalue weighted by Gasteiger charge is 2.31. The van der Waals surface area contributed by atoms with Crippen LogP contribution in [0.2, 0.25) is 0 Å². The first kappa shape index (κ1) is 19.8. The third-order valence-corrected chi connectivity index (χ3v) is 6.16. The normalized spacial score (nSPS) is 17.8. The highest BCUT2D eigenvalue weighted by Crippen LogP contribution is 2.29. The third kappa shape index (κ3) is 4.78. The fourth-order valence-electron chi connectivity index (χ4n) is 4.31. The Labute approximate surface area is 183 Å². The van der Waals surface area contributed by atoms with Crippen LogP contribution in [0.25, 0.3) is 23.0 Å². The number of benzene rings is 2. The maximum absolute atomic E-state index is 12.6. The Balaban J connectivity index is 1.31. The van der Waals surface area contributed by atoms with Crippen molar-refractivity contribution in [1.29, 1.82) is 0 Å². The van der Waals surface area contributed by atoms with Crippen molar-refractivity contribution in [3.8, 4) is 16.9 Å². The summed E-state index contributed by atoms with van der Waals surface area (Å²) >= 11 is 0. The number of nitrogens with zero attached hydrogens (tertiary/aromatic N) is 3. The second-order valence-electron chi connectivity index (χ2n) is 8.46. The first-order valence-corrected chi connectivity index (χ1v) is 11.2. The van der Waals surface area contributed by atoms with Crippen LogP contribution in [0, 0.1) is 0 Å². The van der Waals surface area contributed by atoms with Crippen molar-refractivity contribution in [3.05, 3.63) is 78.5 Å². The zero-order valence-corrected chi connectivity index (χ0v) is 17.7. The number of hydrogen-bond acceptors (Lipinski definition) is 3. The van der Waals surface area contributed by atoms with E-state index in [4.69, 9.17) is 5.10 Å². The van der Waals surface area contributed by atoms with Gasteiger partial charge in [0.2, 0.25) is 5.91 Å². The molecule has 1 saturated carbocycles. The maximum Gasteiger partial charge on any atom is 0.244 e. The zero-order valence-electron chi connectivity index (χ0n) is 17.7. The number of piperidine rings is 1. The third-order valence-electron chi connectivity index (χ3n) is 6.16. The van der Waals surface area contributed by atoms with E-state index in [9.17, 15) is 4.79 Å². The summed E-state index contributed by atoms with van der Waals surface area (Å²) in [5.41, 5.74) is 3.82. The average molecular weight is 413 g/mol. The Morgan fingerprint density at radius 1 is 0.935 bits per heavy atom. The Bertz CT molecular complexity index is 1050. The zero-order chi connectivity index (χ0) is 21.0. The van der Waals surface area contributed by atoms with Crippen molar-refractivity contribution >= 4 is 12.0 Å². The minimum Gasteiger partial charge on any atom is -0.350 e. The number of aromatic nitrogens is 2. The summed E-state index contributed by atoms with van der Waals surface area (Å²) in [5.74, 6) is -0.0312. The molecule has 1 amide bonds. The van der Waals surface area contributed by atoms with E-state index in [1.165, 1.54) is 12.8 Å². The van der Waals surface area contributed by atoms with Crippen molar-refractivity contribution in [3.63, 3.8) is 0 Å². The molecule has 0 atom stereocenters. The van der Waals surface area contributed by atoms with Gasteiger partial charge in [0.1, 0.15) is 0 Å². The molecule has 0 radical (unpaired) electrons. The number of carbonyl (C=O) groups excluding carboxylic acids is 1. The molecule has 5 rings (SSSR count). The van der Waals surface area contributed by atoms with Crippen LogP contribution in [-0.2, 0) is 4.79 Å². The van der Waals surface area contributed by atoms with E-state index in [0.717, 1.165) is 54.5 Å². The van der Waals surface area contributed by atoms with E-state index in [0.29, 0.717) is 0 Å². The molecule has 1 aliphatic carbocycles. The summed E-state index contributed by atoms with van der Waals surface area (Å²) in [6.45, 7) is 2.20. The molecular formula is C26H28N4O. The number of rotatable bonds is 6. The van der Waals surface area contributed by atoms with Gasteiger partial charge in [-0.15, -0.1) is 0 Å². The van der Waals surface area contributed by atoms with Crippen LogP contribution in [0.15, 0.2) is 72.9 Å². The van der Waals surface area contributed by atoms with Crippen molar-refractivity contribution < 1.29 is 4.79 Å². The monoisotopic (exact) mass is 412 g/mol. The van der Waals surface area contributed by atoms with Crippen LogP contribution in [0.5, 0.6) is 0 Å². The van der Waals surface area contributed by atoms with Gasteiger partial charge in [0, 0.05) is 48.6 Å². The molecule has 1 aliphatic heterocycles. The SMILES string of the molecule is O=C(/C=C/c1cn(-c2ccccc2)nc1-c1ccccc1)NC1CCN(C2CC2)CC1. The van der Waals surface area contributed by atoms with Gasteiger partial charge >= 0.3 is 0 Å². The number of carbonyl (C=O) groups is 1. The predicted octanol–water partition coefficient (Wildman–Crippen LogP) is 4.30. The van der Waals surface area contributed by atoms with Crippen LogP contribution < -0.4 is 5.32 Å². The van der Waals surface area contributed by atoms with Crippen LogP contribution >= 0.6 is 0 Å². The number of hydrogen-bond donors (Lipinski definition) is 1. The van der Waals surface area contributed by atoms with E-state index in [-0.39, 0.29) is 11.9 Å². The maximum atomic E-state index is 12.6. The molecule has 1 aromatic heterocycles. The predicted molar refractivity (Wildman–Crippen MR) is 124 cm³/mol. The van der Waals surface area contributed by atoms with Gasteiger partial charge in [-0.3, -0.25) is 4.79 Å². The molecule has 0 bridgehead atoms. The molecule has 2 heterocycles. The van der Waals surface area contributed by atoms with Crippen LogP contribution in [-0.4, -0.2) is 45.8 Å². The molecular weight excluding hydrogens is 384 g/mol. The highest BCUT2D eigenvalue weighted by molar-refractivity contribution is 5.93.